The van der Waals surface area contributed by atoms with Crippen LogP contribution in [0.2, 0.25) is 5.02 Å². The zero-order valence-electron chi connectivity index (χ0n) is 7.29. The van der Waals surface area contributed by atoms with E-state index in [0.717, 1.165) is 0 Å². The number of ketones is 1. The molecule has 4 heteroatoms. The van der Waals surface area contributed by atoms with Crippen molar-refractivity contribution in [2.75, 3.05) is 6.61 Å². The maximum absolute atomic E-state index is 11.4. The average Bonchev–Trinajstić information content (AvgIpc) is 2.46. The van der Waals surface area contributed by atoms with Crippen LogP contribution in [0.5, 0.6) is 0 Å². The normalized spacial score (nSPS) is 15.9. The van der Waals surface area contributed by atoms with E-state index in [9.17, 15) is 4.79 Å². The minimum atomic E-state index is -0.107. The molecule has 1 aliphatic rings. The number of rotatable bonds is 1. The summed E-state index contributed by atoms with van der Waals surface area (Å²) in [6, 6.07) is 6.97. The number of carbonyl (C=O) groups is 1. The van der Waals surface area contributed by atoms with E-state index >= 15 is 0 Å². The molecule has 14 heavy (non-hydrogen) atoms. The van der Waals surface area contributed by atoms with Crippen LogP contribution in [0.25, 0.3) is 5.57 Å². The van der Waals surface area contributed by atoms with E-state index in [1.165, 1.54) is 0 Å². The summed E-state index contributed by atoms with van der Waals surface area (Å²) in [6.07, 6.45) is 0. The lowest BCUT2D eigenvalue weighted by Crippen LogP contribution is -2.01. The Morgan fingerprint density at radius 1 is 1.43 bits per heavy atom. The summed E-state index contributed by atoms with van der Waals surface area (Å²) < 4.78 is 4.94. The maximum atomic E-state index is 11.4. The van der Waals surface area contributed by atoms with Crippen LogP contribution < -0.4 is 5.73 Å². The van der Waals surface area contributed by atoms with E-state index in [1.807, 2.05) is 0 Å². The first kappa shape index (κ1) is 9.09. The fourth-order valence-electron chi connectivity index (χ4n) is 1.37. The van der Waals surface area contributed by atoms with Crippen LogP contribution in [0.4, 0.5) is 0 Å². The maximum Gasteiger partial charge on any atom is 0.206 e. The van der Waals surface area contributed by atoms with Crippen molar-refractivity contribution >= 4 is 23.0 Å². The minimum absolute atomic E-state index is 0.0215. The van der Waals surface area contributed by atoms with Gasteiger partial charge in [-0.15, -0.1) is 0 Å². The lowest BCUT2D eigenvalue weighted by atomic mass is 10.0. The van der Waals surface area contributed by atoms with Crippen LogP contribution in [-0.4, -0.2) is 12.4 Å². The van der Waals surface area contributed by atoms with Gasteiger partial charge in [-0.3, -0.25) is 4.79 Å². The van der Waals surface area contributed by atoms with Crippen molar-refractivity contribution in [3.63, 3.8) is 0 Å². The second kappa shape index (κ2) is 3.35. The molecule has 3 nitrogen and oxygen atoms in total. The zero-order valence-corrected chi connectivity index (χ0v) is 8.04. The third kappa shape index (κ3) is 1.46. The Morgan fingerprint density at radius 3 is 2.79 bits per heavy atom. The number of benzene rings is 1. The van der Waals surface area contributed by atoms with Gasteiger partial charge in [0, 0.05) is 5.02 Å². The molecule has 0 saturated heterocycles. The van der Waals surface area contributed by atoms with Gasteiger partial charge in [-0.2, -0.15) is 0 Å². The Hall–Kier alpha value is -1.48. The molecule has 1 aromatic carbocycles. The summed E-state index contributed by atoms with van der Waals surface area (Å²) in [5.74, 6) is 0.0713. The highest BCUT2D eigenvalue weighted by molar-refractivity contribution is 6.31. The zero-order chi connectivity index (χ0) is 10.1. The SMILES string of the molecule is NC1=C(c2cccc(Cl)c2)C(=O)CO1. The first-order valence-corrected chi connectivity index (χ1v) is 4.48. The van der Waals surface area contributed by atoms with Gasteiger partial charge in [-0.05, 0) is 17.7 Å². The summed E-state index contributed by atoms with van der Waals surface area (Å²) in [5, 5.41) is 0.572. The summed E-state index contributed by atoms with van der Waals surface area (Å²) in [7, 11) is 0. The monoisotopic (exact) mass is 209 g/mol. The van der Waals surface area contributed by atoms with E-state index in [4.69, 9.17) is 22.1 Å². The van der Waals surface area contributed by atoms with Crippen molar-refractivity contribution in [2.45, 2.75) is 0 Å². The van der Waals surface area contributed by atoms with Gasteiger partial charge in [0.1, 0.15) is 0 Å². The molecular formula is C10H8ClNO2. The standard InChI is InChI=1S/C10H8ClNO2/c11-7-3-1-2-6(4-7)9-8(13)5-14-10(9)12/h1-4H,5,12H2. The smallest absolute Gasteiger partial charge is 0.206 e. The van der Waals surface area contributed by atoms with Gasteiger partial charge in [0.2, 0.25) is 5.78 Å². The third-order valence-electron chi connectivity index (χ3n) is 2.00. The predicted molar refractivity (Wildman–Crippen MR) is 53.5 cm³/mol. The molecule has 1 aliphatic heterocycles. The lowest BCUT2D eigenvalue weighted by molar-refractivity contribution is -0.115. The minimum Gasteiger partial charge on any atom is -0.470 e. The Balaban J connectivity index is 2.49. The van der Waals surface area contributed by atoms with Crippen LogP contribution >= 0.6 is 11.6 Å². The van der Waals surface area contributed by atoms with Crippen LogP contribution in [0.3, 0.4) is 0 Å². The van der Waals surface area contributed by atoms with E-state index < -0.39 is 0 Å². The number of hydrogen-bond acceptors (Lipinski definition) is 3. The Labute approximate surface area is 86.1 Å². The van der Waals surface area contributed by atoms with E-state index in [0.29, 0.717) is 16.2 Å². The van der Waals surface area contributed by atoms with Gasteiger partial charge < -0.3 is 10.5 Å². The van der Waals surface area contributed by atoms with Crippen molar-refractivity contribution in [3.05, 3.63) is 40.7 Å². The second-order valence-corrected chi connectivity index (χ2v) is 3.40. The highest BCUT2D eigenvalue weighted by Crippen LogP contribution is 2.25. The molecule has 0 bridgehead atoms. The Kier molecular flexibility index (Phi) is 2.17. The van der Waals surface area contributed by atoms with E-state index in [2.05, 4.69) is 0 Å². The summed E-state index contributed by atoms with van der Waals surface area (Å²) in [4.78, 5) is 11.4. The van der Waals surface area contributed by atoms with E-state index in [-0.39, 0.29) is 18.3 Å². The molecule has 0 unspecified atom stereocenters. The van der Waals surface area contributed by atoms with E-state index in [1.54, 1.807) is 24.3 Å². The predicted octanol–water partition coefficient (Wildman–Crippen LogP) is 1.57. The van der Waals surface area contributed by atoms with Gasteiger partial charge in [-0.25, -0.2) is 0 Å². The topological polar surface area (TPSA) is 52.3 Å². The summed E-state index contributed by atoms with van der Waals surface area (Å²) in [6.45, 7) is 0.0215. The van der Waals surface area contributed by atoms with Crippen LogP contribution in [0, 0.1) is 0 Å². The molecule has 0 spiro atoms. The van der Waals surface area contributed by atoms with Crippen molar-refractivity contribution in [1.29, 1.82) is 0 Å². The molecule has 0 aliphatic carbocycles. The molecule has 0 radical (unpaired) electrons. The van der Waals surface area contributed by atoms with Gasteiger partial charge in [0.15, 0.2) is 12.5 Å². The number of Topliss-reactive ketones (excluding diaryl/α,β-unsaturated/α-hetero) is 1. The highest BCUT2D eigenvalue weighted by Gasteiger charge is 2.24. The molecule has 1 heterocycles. The van der Waals surface area contributed by atoms with Crippen molar-refractivity contribution < 1.29 is 9.53 Å². The van der Waals surface area contributed by atoms with Gasteiger partial charge in [0.05, 0.1) is 5.57 Å². The number of halogens is 1. The largest absolute Gasteiger partial charge is 0.470 e. The summed E-state index contributed by atoms with van der Waals surface area (Å²) in [5.41, 5.74) is 6.67. The third-order valence-corrected chi connectivity index (χ3v) is 2.23. The van der Waals surface area contributed by atoms with Crippen LogP contribution in [-0.2, 0) is 9.53 Å². The first-order valence-electron chi connectivity index (χ1n) is 4.10. The van der Waals surface area contributed by atoms with Crippen molar-refractivity contribution in [3.8, 4) is 0 Å². The number of nitrogens with two attached hydrogens (primary N) is 1. The molecule has 2 rings (SSSR count). The Morgan fingerprint density at radius 2 is 2.21 bits per heavy atom. The molecule has 0 aromatic heterocycles. The number of carbonyl (C=O) groups excluding carboxylic acids is 1. The number of hydrogen-bond donors (Lipinski definition) is 1. The molecular weight excluding hydrogens is 202 g/mol. The Bertz CT molecular complexity index is 426. The molecule has 0 fully saturated rings. The van der Waals surface area contributed by atoms with Gasteiger partial charge in [-0.1, -0.05) is 23.7 Å². The van der Waals surface area contributed by atoms with Gasteiger partial charge >= 0.3 is 0 Å². The fourth-order valence-corrected chi connectivity index (χ4v) is 1.56. The second-order valence-electron chi connectivity index (χ2n) is 2.96. The van der Waals surface area contributed by atoms with Crippen LogP contribution in [0.1, 0.15) is 5.56 Å². The highest BCUT2D eigenvalue weighted by atomic mass is 35.5. The molecule has 2 N–H and O–H groups in total. The average molecular weight is 210 g/mol. The molecule has 0 amide bonds. The fraction of sp³-hybridized carbons (Fsp3) is 0.100. The number of ether oxygens (including phenoxy) is 1. The molecule has 72 valence electrons. The first-order chi connectivity index (χ1) is 6.68. The quantitative estimate of drug-likeness (QED) is 0.764. The lowest BCUT2D eigenvalue weighted by Gasteiger charge is -2.00. The van der Waals surface area contributed by atoms with Crippen molar-refractivity contribution in [2.24, 2.45) is 5.73 Å². The molecule has 0 atom stereocenters. The molecule has 0 saturated carbocycles. The molecule has 1 aromatic rings. The van der Waals surface area contributed by atoms with Crippen molar-refractivity contribution in [1.82, 2.24) is 0 Å². The van der Waals surface area contributed by atoms with Crippen LogP contribution in [0.15, 0.2) is 30.1 Å². The summed E-state index contributed by atoms with van der Waals surface area (Å²) >= 11 is 5.80. The van der Waals surface area contributed by atoms with Gasteiger partial charge in [0.25, 0.3) is 0 Å².